The van der Waals surface area contributed by atoms with Crippen LogP contribution in [-0.2, 0) is 9.59 Å². The molecule has 1 N–H and O–H groups in total. The monoisotopic (exact) mass is 352 g/mol. The average Bonchev–Trinajstić information content (AvgIpc) is 2.62. The average molecular weight is 353 g/mol. The third-order valence-electron chi connectivity index (χ3n) is 5.44. The summed E-state index contributed by atoms with van der Waals surface area (Å²) in [5, 5.41) is 3.08. The molecule has 0 aromatic carbocycles. The summed E-state index contributed by atoms with van der Waals surface area (Å²) < 4.78 is 0. The third-order valence-corrected chi connectivity index (χ3v) is 5.44. The summed E-state index contributed by atoms with van der Waals surface area (Å²) in [4.78, 5) is 24.9. The number of carbonyl (C=O) groups excluding carboxylic acids is 2. The number of hydrogen-bond acceptors (Lipinski definition) is 2. The maximum atomic E-state index is 11.7. The first-order valence-electron chi connectivity index (χ1n) is 10.4. The fourth-order valence-corrected chi connectivity index (χ4v) is 3.67. The molecule has 2 aliphatic carbocycles. The highest BCUT2D eigenvalue weighted by molar-refractivity contribution is 5.78. The summed E-state index contributed by atoms with van der Waals surface area (Å²) in [6.45, 7) is 7.83. The number of nitrogens with zero attached hydrogens (tertiary/aromatic N) is 1. The lowest BCUT2D eigenvalue weighted by Gasteiger charge is -2.32. The van der Waals surface area contributed by atoms with Crippen molar-refractivity contribution in [3.63, 3.8) is 0 Å². The van der Waals surface area contributed by atoms with Gasteiger partial charge in [0.1, 0.15) is 0 Å². The summed E-state index contributed by atoms with van der Waals surface area (Å²) >= 11 is 0. The molecule has 0 atom stereocenters. The Balaban J connectivity index is 0.000000251. The van der Waals surface area contributed by atoms with Crippen molar-refractivity contribution >= 4 is 11.8 Å². The van der Waals surface area contributed by atoms with Gasteiger partial charge in [0.05, 0.1) is 0 Å². The molecule has 25 heavy (non-hydrogen) atoms. The first-order chi connectivity index (χ1) is 11.8. The van der Waals surface area contributed by atoms with E-state index in [1.807, 2.05) is 39.6 Å². The van der Waals surface area contributed by atoms with E-state index in [0.29, 0.717) is 18.0 Å². The van der Waals surface area contributed by atoms with Gasteiger partial charge in [-0.3, -0.25) is 9.59 Å². The molecule has 0 heterocycles. The van der Waals surface area contributed by atoms with Crippen LogP contribution in [0.25, 0.3) is 0 Å². The zero-order chi connectivity index (χ0) is 18.8. The second-order valence-corrected chi connectivity index (χ2v) is 8.39. The van der Waals surface area contributed by atoms with Gasteiger partial charge in [-0.15, -0.1) is 0 Å². The topological polar surface area (TPSA) is 49.4 Å². The maximum absolute atomic E-state index is 11.7. The first-order valence-corrected chi connectivity index (χ1v) is 10.4. The Morgan fingerprint density at radius 1 is 0.800 bits per heavy atom. The zero-order valence-corrected chi connectivity index (χ0v) is 17.1. The Hall–Kier alpha value is -1.06. The SMILES string of the molecule is CC(C)C(=O)N(C)C1CCCCC1.CC(C)C(=O)NC1CCCCC1. The molecule has 4 heteroatoms. The molecule has 0 saturated heterocycles. The Morgan fingerprint density at radius 2 is 1.28 bits per heavy atom. The largest absolute Gasteiger partial charge is 0.353 e. The van der Waals surface area contributed by atoms with Gasteiger partial charge in [-0.2, -0.15) is 0 Å². The van der Waals surface area contributed by atoms with Gasteiger partial charge in [-0.1, -0.05) is 66.2 Å². The van der Waals surface area contributed by atoms with E-state index < -0.39 is 0 Å². The van der Waals surface area contributed by atoms with Gasteiger partial charge >= 0.3 is 0 Å². The van der Waals surface area contributed by atoms with Crippen LogP contribution < -0.4 is 5.32 Å². The van der Waals surface area contributed by atoms with Crippen molar-refractivity contribution in [2.75, 3.05) is 7.05 Å². The second-order valence-electron chi connectivity index (χ2n) is 8.39. The molecule has 2 saturated carbocycles. The second kappa shape index (κ2) is 11.5. The van der Waals surface area contributed by atoms with Crippen LogP contribution in [0.15, 0.2) is 0 Å². The molecular formula is C21H40N2O2. The molecule has 0 aromatic heterocycles. The maximum Gasteiger partial charge on any atom is 0.225 e. The summed E-state index contributed by atoms with van der Waals surface area (Å²) in [7, 11) is 1.96. The van der Waals surface area contributed by atoms with Gasteiger partial charge in [0.2, 0.25) is 11.8 Å². The fraction of sp³-hybridized carbons (Fsp3) is 0.905. The highest BCUT2D eigenvalue weighted by Gasteiger charge is 2.23. The van der Waals surface area contributed by atoms with Gasteiger partial charge in [-0.05, 0) is 25.7 Å². The van der Waals surface area contributed by atoms with Crippen LogP contribution in [0.3, 0.4) is 0 Å². The molecule has 146 valence electrons. The van der Waals surface area contributed by atoms with Gasteiger partial charge in [0.15, 0.2) is 0 Å². The fourth-order valence-electron chi connectivity index (χ4n) is 3.67. The van der Waals surface area contributed by atoms with Crippen molar-refractivity contribution in [3.8, 4) is 0 Å². The highest BCUT2D eigenvalue weighted by atomic mass is 16.2. The van der Waals surface area contributed by atoms with Crippen LogP contribution in [0.5, 0.6) is 0 Å². The lowest BCUT2D eigenvalue weighted by Crippen LogP contribution is -2.40. The highest BCUT2D eigenvalue weighted by Crippen LogP contribution is 2.22. The molecule has 2 fully saturated rings. The van der Waals surface area contributed by atoms with E-state index >= 15 is 0 Å². The Bertz CT molecular complexity index is 395. The van der Waals surface area contributed by atoms with Gasteiger partial charge in [0.25, 0.3) is 0 Å². The van der Waals surface area contributed by atoms with Crippen molar-refractivity contribution in [2.24, 2.45) is 11.8 Å². The van der Waals surface area contributed by atoms with E-state index in [0.717, 1.165) is 0 Å². The van der Waals surface area contributed by atoms with E-state index in [1.165, 1.54) is 64.2 Å². The van der Waals surface area contributed by atoms with Crippen molar-refractivity contribution < 1.29 is 9.59 Å². The van der Waals surface area contributed by atoms with Crippen LogP contribution in [0.4, 0.5) is 0 Å². The summed E-state index contributed by atoms with van der Waals surface area (Å²) in [6, 6.07) is 0.984. The minimum atomic E-state index is 0.131. The molecule has 4 nitrogen and oxygen atoms in total. The smallest absolute Gasteiger partial charge is 0.225 e. The van der Waals surface area contributed by atoms with Gasteiger partial charge in [-0.25, -0.2) is 0 Å². The normalized spacial score (nSPS) is 19.3. The molecular weight excluding hydrogens is 312 g/mol. The van der Waals surface area contributed by atoms with E-state index in [2.05, 4.69) is 5.32 Å². The van der Waals surface area contributed by atoms with E-state index in [9.17, 15) is 9.59 Å². The predicted octanol–water partition coefficient (Wildman–Crippen LogP) is 4.52. The van der Waals surface area contributed by atoms with Crippen molar-refractivity contribution in [3.05, 3.63) is 0 Å². The molecule has 0 bridgehead atoms. The van der Waals surface area contributed by atoms with Crippen LogP contribution in [0.2, 0.25) is 0 Å². The standard InChI is InChI=1S/C11H21NO.C10H19NO/c1-9(2)11(13)12(3)10-7-5-4-6-8-10;1-8(2)10(12)11-9-6-4-3-5-7-9/h9-10H,4-8H2,1-3H3;8-9H,3-7H2,1-2H3,(H,11,12). The quantitative estimate of drug-likeness (QED) is 0.808. The van der Waals surface area contributed by atoms with Crippen molar-refractivity contribution in [1.29, 1.82) is 0 Å². The molecule has 0 aromatic rings. The Morgan fingerprint density at radius 3 is 1.72 bits per heavy atom. The predicted molar refractivity (Wildman–Crippen MR) is 104 cm³/mol. The van der Waals surface area contributed by atoms with E-state index in [-0.39, 0.29) is 17.7 Å². The first kappa shape index (κ1) is 22.0. The molecule has 0 aliphatic heterocycles. The van der Waals surface area contributed by atoms with Crippen LogP contribution in [-0.4, -0.2) is 35.8 Å². The molecule has 0 radical (unpaired) electrons. The Labute approximate surface area is 155 Å². The van der Waals surface area contributed by atoms with Gasteiger partial charge < -0.3 is 10.2 Å². The zero-order valence-electron chi connectivity index (χ0n) is 17.1. The van der Waals surface area contributed by atoms with Crippen LogP contribution in [0.1, 0.15) is 91.9 Å². The Kier molecular flexibility index (Phi) is 10.1. The molecule has 2 aliphatic rings. The number of nitrogens with one attached hydrogen (secondary N) is 1. The molecule has 0 spiro atoms. The third kappa shape index (κ3) is 8.24. The lowest BCUT2D eigenvalue weighted by atomic mass is 9.94. The minimum Gasteiger partial charge on any atom is -0.353 e. The van der Waals surface area contributed by atoms with Crippen molar-refractivity contribution in [2.45, 2.75) is 104 Å². The molecule has 0 unspecified atom stereocenters. The lowest BCUT2D eigenvalue weighted by molar-refractivity contribution is -0.135. The van der Waals surface area contributed by atoms with E-state index in [1.54, 1.807) is 0 Å². The number of hydrogen-bond donors (Lipinski definition) is 1. The minimum absolute atomic E-state index is 0.131. The molecule has 2 rings (SSSR count). The number of rotatable bonds is 4. The molecule has 2 amide bonds. The summed E-state index contributed by atoms with van der Waals surface area (Å²) in [6.07, 6.45) is 12.6. The van der Waals surface area contributed by atoms with Crippen LogP contribution in [0, 0.1) is 11.8 Å². The van der Waals surface area contributed by atoms with Crippen LogP contribution >= 0.6 is 0 Å². The number of carbonyl (C=O) groups is 2. The van der Waals surface area contributed by atoms with Crippen molar-refractivity contribution in [1.82, 2.24) is 10.2 Å². The van der Waals surface area contributed by atoms with Gasteiger partial charge in [0, 0.05) is 31.0 Å². The summed E-state index contributed by atoms with van der Waals surface area (Å²) in [5.41, 5.74) is 0. The summed E-state index contributed by atoms with van der Waals surface area (Å²) in [5.74, 6) is 0.785. The number of amides is 2. The van der Waals surface area contributed by atoms with E-state index in [4.69, 9.17) is 0 Å².